The molecule has 2 aromatic carbocycles. The van der Waals surface area contributed by atoms with Crippen LogP contribution in [0.5, 0.6) is 5.75 Å². The zero-order valence-corrected chi connectivity index (χ0v) is 19.0. The molecule has 2 aliphatic rings. The van der Waals surface area contributed by atoms with E-state index in [2.05, 4.69) is 60.5 Å². The summed E-state index contributed by atoms with van der Waals surface area (Å²) >= 11 is 0. The summed E-state index contributed by atoms with van der Waals surface area (Å²) in [6.07, 6.45) is 6.50. The van der Waals surface area contributed by atoms with Gasteiger partial charge >= 0.3 is 0 Å². The molecule has 0 radical (unpaired) electrons. The van der Waals surface area contributed by atoms with Crippen LogP contribution < -0.4 is 10.1 Å². The van der Waals surface area contributed by atoms with Crippen LogP contribution in [0.25, 0.3) is 0 Å². The number of hydrogen-bond donors (Lipinski definition) is 1. The third kappa shape index (κ3) is 5.61. The van der Waals surface area contributed by atoms with Crippen molar-refractivity contribution >= 4 is 11.6 Å². The van der Waals surface area contributed by atoms with E-state index in [1.165, 1.54) is 24.8 Å². The van der Waals surface area contributed by atoms with Gasteiger partial charge in [-0.15, -0.1) is 0 Å². The highest BCUT2D eigenvalue weighted by molar-refractivity contribution is 5.77. The predicted octanol–water partition coefficient (Wildman–Crippen LogP) is 6.01. The molecule has 1 aliphatic carbocycles. The average Bonchev–Trinajstić information content (AvgIpc) is 2.75. The van der Waals surface area contributed by atoms with Crippen LogP contribution in [0.15, 0.2) is 48.5 Å². The van der Waals surface area contributed by atoms with Crippen LogP contribution in [0.3, 0.4) is 0 Å². The van der Waals surface area contributed by atoms with Crippen molar-refractivity contribution in [3.63, 3.8) is 0 Å². The Bertz CT molecular complexity index is 875. The molecule has 0 saturated heterocycles. The Morgan fingerprint density at radius 2 is 1.84 bits per heavy atom. The Kier molecular flexibility index (Phi) is 7.16. The lowest BCUT2D eigenvalue weighted by atomic mass is 9.82. The molecule has 0 aromatic heterocycles. The van der Waals surface area contributed by atoms with Crippen molar-refractivity contribution in [1.82, 2.24) is 4.90 Å². The van der Waals surface area contributed by atoms with Crippen LogP contribution in [0.4, 0.5) is 5.69 Å². The molecule has 1 N–H and O–H groups in total. The minimum absolute atomic E-state index is 0.0631. The fourth-order valence-electron chi connectivity index (χ4n) is 4.68. The fourth-order valence-corrected chi connectivity index (χ4v) is 4.68. The highest BCUT2D eigenvalue weighted by atomic mass is 16.5. The lowest BCUT2D eigenvalue weighted by Crippen LogP contribution is -2.44. The maximum Gasteiger partial charge on any atom is 0.223 e. The average molecular weight is 421 g/mol. The molecule has 0 spiro atoms. The van der Waals surface area contributed by atoms with E-state index in [1.807, 2.05) is 12.1 Å². The van der Waals surface area contributed by atoms with Gasteiger partial charge in [-0.3, -0.25) is 4.79 Å². The van der Waals surface area contributed by atoms with Crippen molar-refractivity contribution in [1.29, 1.82) is 0 Å². The molecule has 31 heavy (non-hydrogen) atoms. The highest BCUT2D eigenvalue weighted by Gasteiger charge is 2.28. The van der Waals surface area contributed by atoms with Crippen LogP contribution in [0, 0.1) is 11.8 Å². The van der Waals surface area contributed by atoms with E-state index in [1.54, 1.807) is 0 Å². The van der Waals surface area contributed by atoms with Gasteiger partial charge in [-0.05, 0) is 42.4 Å². The second-order valence-electron chi connectivity index (χ2n) is 9.57. The maximum atomic E-state index is 13.5. The van der Waals surface area contributed by atoms with Crippen LogP contribution in [0.2, 0.25) is 0 Å². The molecule has 1 heterocycles. The van der Waals surface area contributed by atoms with Crippen molar-refractivity contribution in [2.45, 2.75) is 71.5 Å². The largest absolute Gasteiger partial charge is 0.491 e. The van der Waals surface area contributed by atoms with E-state index in [0.717, 1.165) is 35.8 Å². The number of fused-ring (bicyclic) bond motifs is 2. The topological polar surface area (TPSA) is 41.6 Å². The van der Waals surface area contributed by atoms with E-state index in [4.69, 9.17) is 4.74 Å². The number of ether oxygens (including phenoxy) is 1. The van der Waals surface area contributed by atoms with Crippen LogP contribution >= 0.6 is 0 Å². The first-order valence-corrected chi connectivity index (χ1v) is 11.9. The van der Waals surface area contributed by atoms with Crippen LogP contribution in [-0.2, 0) is 17.9 Å². The molecule has 1 saturated carbocycles. The smallest absolute Gasteiger partial charge is 0.223 e. The van der Waals surface area contributed by atoms with Crippen LogP contribution in [0.1, 0.15) is 63.5 Å². The van der Waals surface area contributed by atoms with Crippen LogP contribution in [-0.4, -0.2) is 23.5 Å². The third-order valence-corrected chi connectivity index (χ3v) is 6.73. The molecule has 4 heteroatoms. The van der Waals surface area contributed by atoms with Gasteiger partial charge < -0.3 is 15.0 Å². The van der Waals surface area contributed by atoms with Gasteiger partial charge in [0, 0.05) is 30.8 Å². The van der Waals surface area contributed by atoms with Gasteiger partial charge in [0.25, 0.3) is 0 Å². The molecular weight excluding hydrogens is 384 g/mol. The molecule has 166 valence electrons. The SMILES string of the molecule is CC(C)C[C@H]1COc2ccccc2CNc2ccccc2CN1C(=O)CCC1CCC1. The number of benzene rings is 2. The van der Waals surface area contributed by atoms with Gasteiger partial charge in [-0.25, -0.2) is 0 Å². The summed E-state index contributed by atoms with van der Waals surface area (Å²) in [6, 6.07) is 16.7. The van der Waals surface area contributed by atoms with Crippen molar-refractivity contribution in [3.05, 3.63) is 59.7 Å². The maximum absolute atomic E-state index is 13.5. The number of anilines is 1. The first-order valence-electron chi connectivity index (χ1n) is 11.9. The molecule has 1 atom stereocenters. The van der Waals surface area contributed by atoms with Gasteiger partial charge in [-0.2, -0.15) is 0 Å². The second-order valence-corrected chi connectivity index (χ2v) is 9.57. The van der Waals surface area contributed by atoms with Crippen molar-refractivity contribution < 1.29 is 9.53 Å². The van der Waals surface area contributed by atoms with E-state index in [9.17, 15) is 4.79 Å². The number of para-hydroxylation sites is 2. The van der Waals surface area contributed by atoms with Crippen molar-refractivity contribution in [2.24, 2.45) is 11.8 Å². The molecule has 2 aromatic rings. The zero-order valence-electron chi connectivity index (χ0n) is 19.0. The summed E-state index contributed by atoms with van der Waals surface area (Å²) < 4.78 is 6.34. The second kappa shape index (κ2) is 10.2. The summed E-state index contributed by atoms with van der Waals surface area (Å²) in [5.74, 6) is 2.41. The quantitative estimate of drug-likeness (QED) is 0.643. The number of amides is 1. The van der Waals surface area contributed by atoms with Gasteiger partial charge in [0.1, 0.15) is 12.4 Å². The first-order chi connectivity index (χ1) is 15.1. The van der Waals surface area contributed by atoms with E-state index in [0.29, 0.717) is 32.0 Å². The fraction of sp³-hybridized carbons (Fsp3) is 0.519. The number of hydrogen-bond acceptors (Lipinski definition) is 3. The molecule has 4 nitrogen and oxygen atoms in total. The Balaban J connectivity index is 1.64. The van der Waals surface area contributed by atoms with Gasteiger partial charge in [0.05, 0.1) is 6.04 Å². The Labute approximate surface area is 187 Å². The summed E-state index contributed by atoms with van der Waals surface area (Å²) in [5.41, 5.74) is 3.41. The molecule has 1 fully saturated rings. The first kappa shape index (κ1) is 21.7. The molecule has 1 aliphatic heterocycles. The summed E-state index contributed by atoms with van der Waals surface area (Å²) in [7, 11) is 0. The number of carbonyl (C=O) groups excluding carboxylic acids is 1. The van der Waals surface area contributed by atoms with Gasteiger partial charge in [0.15, 0.2) is 0 Å². The summed E-state index contributed by atoms with van der Waals surface area (Å²) in [5, 5.41) is 3.58. The number of carbonyl (C=O) groups is 1. The number of rotatable bonds is 5. The van der Waals surface area contributed by atoms with Crippen molar-refractivity contribution in [3.8, 4) is 5.75 Å². The summed E-state index contributed by atoms with van der Waals surface area (Å²) in [6.45, 7) is 6.32. The normalized spacial score (nSPS) is 19.3. The highest BCUT2D eigenvalue weighted by Crippen LogP contribution is 2.32. The molecule has 0 unspecified atom stereocenters. The van der Waals surface area contributed by atoms with Gasteiger partial charge in [0.2, 0.25) is 5.91 Å². The standard InChI is InChI=1S/C27H36N2O2/c1-20(2)16-24-19-31-26-13-6-4-10-22(26)17-28-25-12-5-3-11-23(25)18-29(24)27(30)15-14-21-8-7-9-21/h3-6,10-13,20-21,24,28H,7-9,14-19H2,1-2H3/t24-/m0/s1. The summed E-state index contributed by atoms with van der Waals surface area (Å²) in [4.78, 5) is 15.6. The number of nitrogens with zero attached hydrogens (tertiary/aromatic N) is 1. The predicted molar refractivity (Wildman–Crippen MR) is 126 cm³/mol. The van der Waals surface area contributed by atoms with E-state index >= 15 is 0 Å². The zero-order chi connectivity index (χ0) is 21.6. The van der Waals surface area contributed by atoms with E-state index in [-0.39, 0.29) is 11.9 Å². The van der Waals surface area contributed by atoms with Gasteiger partial charge in [-0.1, -0.05) is 69.5 Å². The lowest BCUT2D eigenvalue weighted by molar-refractivity contribution is -0.135. The number of nitrogens with one attached hydrogen (secondary N) is 1. The Morgan fingerprint density at radius 1 is 1.10 bits per heavy atom. The van der Waals surface area contributed by atoms with Crippen molar-refractivity contribution in [2.75, 3.05) is 11.9 Å². The minimum Gasteiger partial charge on any atom is -0.491 e. The lowest BCUT2D eigenvalue weighted by Gasteiger charge is -2.34. The molecule has 1 amide bonds. The minimum atomic E-state index is 0.0631. The van der Waals surface area contributed by atoms with E-state index < -0.39 is 0 Å². The molecule has 0 bridgehead atoms. The Hall–Kier alpha value is -2.49. The monoisotopic (exact) mass is 420 g/mol. The molecule has 4 rings (SSSR count). The third-order valence-electron chi connectivity index (χ3n) is 6.73. The molecular formula is C27H36N2O2. The Morgan fingerprint density at radius 3 is 2.58 bits per heavy atom.